The zero-order valence-electron chi connectivity index (χ0n) is 9.86. The third-order valence-electron chi connectivity index (χ3n) is 3.42. The lowest BCUT2D eigenvalue weighted by Gasteiger charge is -2.16. The summed E-state index contributed by atoms with van der Waals surface area (Å²) in [7, 11) is 0. The quantitative estimate of drug-likeness (QED) is 0.615. The minimum atomic E-state index is 0.680. The van der Waals surface area contributed by atoms with Gasteiger partial charge in [-0.25, -0.2) is 0 Å². The Balaban J connectivity index is 2.16. The maximum Gasteiger partial charge on any atom is -0.0201 e. The summed E-state index contributed by atoms with van der Waals surface area (Å²) in [6, 6.07) is 10.8. The van der Waals surface area contributed by atoms with Gasteiger partial charge in [0.2, 0.25) is 0 Å². The second-order valence-electron chi connectivity index (χ2n) is 4.57. The van der Waals surface area contributed by atoms with Crippen LogP contribution in [0, 0.1) is 5.92 Å². The lowest BCUT2D eigenvalue weighted by atomic mass is 9.89. The van der Waals surface area contributed by atoms with Crippen LogP contribution in [0.4, 0.5) is 0 Å². The van der Waals surface area contributed by atoms with Gasteiger partial charge >= 0.3 is 0 Å². The highest BCUT2D eigenvalue weighted by molar-refractivity contribution is 5.65. The largest absolute Gasteiger partial charge is 0.103 e. The molecule has 1 aromatic carbocycles. The van der Waals surface area contributed by atoms with E-state index in [2.05, 4.69) is 49.1 Å². The SMILES string of the molecule is C=CC1C/C=C(/c2ccccc2)CCCC1. The fourth-order valence-electron chi connectivity index (χ4n) is 2.36. The van der Waals surface area contributed by atoms with Gasteiger partial charge in [-0.3, -0.25) is 0 Å². The Morgan fingerprint density at radius 1 is 1.12 bits per heavy atom. The average molecular weight is 212 g/mol. The van der Waals surface area contributed by atoms with Gasteiger partial charge in [0, 0.05) is 0 Å². The fraction of sp³-hybridized carbons (Fsp3) is 0.375. The molecule has 2 rings (SSSR count). The van der Waals surface area contributed by atoms with E-state index in [1.54, 1.807) is 0 Å². The van der Waals surface area contributed by atoms with E-state index in [1.165, 1.54) is 36.8 Å². The number of rotatable bonds is 2. The molecule has 0 N–H and O–H groups in total. The van der Waals surface area contributed by atoms with Crippen LogP contribution < -0.4 is 0 Å². The van der Waals surface area contributed by atoms with Gasteiger partial charge in [-0.1, -0.05) is 48.9 Å². The molecular formula is C16H20. The van der Waals surface area contributed by atoms with Gasteiger partial charge < -0.3 is 0 Å². The van der Waals surface area contributed by atoms with Crippen molar-refractivity contribution in [1.29, 1.82) is 0 Å². The molecular weight excluding hydrogens is 192 g/mol. The van der Waals surface area contributed by atoms with E-state index in [0.29, 0.717) is 5.92 Å². The molecule has 0 fully saturated rings. The van der Waals surface area contributed by atoms with E-state index in [4.69, 9.17) is 0 Å². The molecule has 0 heterocycles. The lowest BCUT2D eigenvalue weighted by Crippen LogP contribution is -1.99. The van der Waals surface area contributed by atoms with Crippen molar-refractivity contribution >= 4 is 5.57 Å². The first-order valence-electron chi connectivity index (χ1n) is 6.27. The summed E-state index contributed by atoms with van der Waals surface area (Å²) in [6.45, 7) is 3.93. The van der Waals surface area contributed by atoms with Crippen LogP contribution in [0.1, 0.15) is 37.7 Å². The summed E-state index contributed by atoms with van der Waals surface area (Å²) in [6.07, 6.45) is 10.9. The molecule has 1 aliphatic carbocycles. The molecule has 0 saturated heterocycles. The minimum Gasteiger partial charge on any atom is -0.103 e. The summed E-state index contributed by atoms with van der Waals surface area (Å²) in [5, 5.41) is 0. The number of benzene rings is 1. The molecule has 1 atom stereocenters. The van der Waals surface area contributed by atoms with Crippen molar-refractivity contribution in [2.45, 2.75) is 32.1 Å². The summed E-state index contributed by atoms with van der Waals surface area (Å²) in [4.78, 5) is 0. The maximum absolute atomic E-state index is 3.93. The Labute approximate surface area is 98.7 Å². The van der Waals surface area contributed by atoms with E-state index >= 15 is 0 Å². The summed E-state index contributed by atoms with van der Waals surface area (Å²) < 4.78 is 0. The third kappa shape index (κ3) is 2.85. The fourth-order valence-corrected chi connectivity index (χ4v) is 2.36. The van der Waals surface area contributed by atoms with Crippen molar-refractivity contribution in [3.8, 4) is 0 Å². The third-order valence-corrected chi connectivity index (χ3v) is 3.42. The number of hydrogen-bond acceptors (Lipinski definition) is 0. The van der Waals surface area contributed by atoms with Crippen LogP contribution in [0.5, 0.6) is 0 Å². The van der Waals surface area contributed by atoms with Crippen LogP contribution in [-0.4, -0.2) is 0 Å². The van der Waals surface area contributed by atoms with Crippen molar-refractivity contribution in [1.82, 2.24) is 0 Å². The molecule has 0 amide bonds. The Kier molecular flexibility index (Phi) is 3.98. The Morgan fingerprint density at radius 2 is 1.94 bits per heavy atom. The first kappa shape index (κ1) is 11.2. The van der Waals surface area contributed by atoms with Crippen molar-refractivity contribution in [3.05, 3.63) is 54.6 Å². The highest BCUT2D eigenvalue weighted by atomic mass is 14.1. The average Bonchev–Trinajstić information content (AvgIpc) is 2.30. The molecule has 1 aliphatic rings. The number of hydrogen-bond donors (Lipinski definition) is 0. The van der Waals surface area contributed by atoms with Crippen LogP contribution >= 0.6 is 0 Å². The zero-order chi connectivity index (χ0) is 11.2. The van der Waals surface area contributed by atoms with Crippen molar-refractivity contribution in [3.63, 3.8) is 0 Å². The predicted octanol–water partition coefficient (Wildman–Crippen LogP) is 4.84. The monoisotopic (exact) mass is 212 g/mol. The molecule has 0 spiro atoms. The Bertz CT molecular complexity index is 359. The molecule has 0 nitrogen and oxygen atoms in total. The first-order valence-corrected chi connectivity index (χ1v) is 6.27. The summed E-state index contributed by atoms with van der Waals surface area (Å²) >= 11 is 0. The second-order valence-corrected chi connectivity index (χ2v) is 4.57. The first-order chi connectivity index (χ1) is 7.90. The lowest BCUT2D eigenvalue weighted by molar-refractivity contribution is 0.544. The van der Waals surface area contributed by atoms with E-state index < -0.39 is 0 Å². The number of allylic oxidation sites excluding steroid dienone is 3. The molecule has 1 unspecified atom stereocenters. The molecule has 1 aromatic rings. The molecule has 0 heteroatoms. The topological polar surface area (TPSA) is 0 Å². The highest BCUT2D eigenvalue weighted by Crippen LogP contribution is 2.27. The molecule has 0 saturated carbocycles. The minimum absolute atomic E-state index is 0.680. The van der Waals surface area contributed by atoms with Crippen molar-refractivity contribution in [2.24, 2.45) is 5.92 Å². The van der Waals surface area contributed by atoms with E-state index in [-0.39, 0.29) is 0 Å². The molecule has 0 bridgehead atoms. The molecule has 16 heavy (non-hydrogen) atoms. The van der Waals surface area contributed by atoms with Gasteiger partial charge in [-0.2, -0.15) is 0 Å². The van der Waals surface area contributed by atoms with Crippen LogP contribution in [-0.2, 0) is 0 Å². The molecule has 0 radical (unpaired) electrons. The van der Waals surface area contributed by atoms with Crippen molar-refractivity contribution < 1.29 is 0 Å². The van der Waals surface area contributed by atoms with Gasteiger partial charge in [0.05, 0.1) is 0 Å². The highest BCUT2D eigenvalue weighted by Gasteiger charge is 2.09. The van der Waals surface area contributed by atoms with E-state index in [0.717, 1.165) is 6.42 Å². The Morgan fingerprint density at radius 3 is 2.69 bits per heavy atom. The van der Waals surface area contributed by atoms with E-state index in [9.17, 15) is 0 Å². The van der Waals surface area contributed by atoms with Crippen LogP contribution in [0.25, 0.3) is 5.57 Å². The van der Waals surface area contributed by atoms with Gasteiger partial charge in [0.1, 0.15) is 0 Å². The zero-order valence-corrected chi connectivity index (χ0v) is 9.86. The predicted molar refractivity (Wildman–Crippen MR) is 71.2 cm³/mol. The summed E-state index contributed by atoms with van der Waals surface area (Å²) in [5.74, 6) is 0.680. The summed E-state index contributed by atoms with van der Waals surface area (Å²) in [5.41, 5.74) is 2.92. The van der Waals surface area contributed by atoms with Gasteiger partial charge in [-0.05, 0) is 42.7 Å². The van der Waals surface area contributed by atoms with E-state index in [1.807, 2.05) is 0 Å². The van der Waals surface area contributed by atoms with Gasteiger partial charge in [-0.15, -0.1) is 6.58 Å². The van der Waals surface area contributed by atoms with Crippen molar-refractivity contribution in [2.75, 3.05) is 0 Å². The normalized spacial score (nSPS) is 25.0. The van der Waals surface area contributed by atoms with Gasteiger partial charge in [0.15, 0.2) is 0 Å². The van der Waals surface area contributed by atoms with Crippen LogP contribution in [0.2, 0.25) is 0 Å². The molecule has 0 aliphatic heterocycles. The Hall–Kier alpha value is -1.30. The second kappa shape index (κ2) is 5.69. The maximum atomic E-state index is 3.93. The molecule has 0 aromatic heterocycles. The van der Waals surface area contributed by atoms with Crippen LogP contribution in [0.3, 0.4) is 0 Å². The smallest absolute Gasteiger partial charge is 0.0201 e. The van der Waals surface area contributed by atoms with Crippen LogP contribution in [0.15, 0.2) is 49.1 Å². The van der Waals surface area contributed by atoms with Gasteiger partial charge in [0.25, 0.3) is 0 Å². The standard InChI is InChI=1S/C16H20/c1-2-14-8-6-7-11-16(13-12-14)15-9-4-3-5-10-15/h2-5,9-10,13-14H,1,6-8,11-12H2/b16-13+. The molecule has 84 valence electrons.